The molecule has 0 aliphatic carbocycles. The third-order valence-electron chi connectivity index (χ3n) is 0.759. The minimum absolute atomic E-state index is 0.127. The lowest BCUT2D eigenvalue weighted by Crippen LogP contribution is -2.21. The van der Waals surface area contributed by atoms with E-state index in [9.17, 15) is 4.79 Å². The van der Waals surface area contributed by atoms with Gasteiger partial charge in [-0.2, -0.15) is 0 Å². The molecule has 0 aromatic heterocycles. The topological polar surface area (TPSA) is 46.5 Å². The first kappa shape index (κ1) is 9.46. The van der Waals surface area contributed by atoms with Crippen molar-refractivity contribution in [3.05, 3.63) is 12.7 Å². The smallest absolute Gasteiger partial charge is 0.326 e. The van der Waals surface area contributed by atoms with Crippen molar-refractivity contribution in [2.24, 2.45) is 0 Å². The predicted molar refractivity (Wildman–Crippen MR) is 37.9 cm³/mol. The van der Waals surface area contributed by atoms with Crippen molar-refractivity contribution in [1.29, 1.82) is 0 Å². The van der Waals surface area contributed by atoms with E-state index in [2.05, 4.69) is 11.3 Å². The van der Waals surface area contributed by atoms with Crippen molar-refractivity contribution in [3.63, 3.8) is 0 Å². The third-order valence-corrected chi connectivity index (χ3v) is 1.08. The van der Waals surface area contributed by atoms with Gasteiger partial charge in [0, 0.05) is 0 Å². The molecule has 0 saturated heterocycles. The number of aliphatic hydroxyl groups is 1. The van der Waals surface area contributed by atoms with Crippen LogP contribution in [0.4, 0.5) is 0 Å². The zero-order valence-electron chi connectivity index (χ0n) is 5.42. The van der Waals surface area contributed by atoms with Crippen LogP contribution in [0.5, 0.6) is 0 Å². The highest BCUT2D eigenvalue weighted by atomic mass is 35.5. The van der Waals surface area contributed by atoms with E-state index in [1.165, 1.54) is 6.08 Å². The highest BCUT2D eigenvalue weighted by molar-refractivity contribution is 6.30. The van der Waals surface area contributed by atoms with Gasteiger partial charge in [-0.1, -0.05) is 12.7 Å². The minimum Gasteiger partial charge on any atom is -0.460 e. The van der Waals surface area contributed by atoms with Crippen LogP contribution >= 0.6 is 11.6 Å². The van der Waals surface area contributed by atoms with Gasteiger partial charge in [-0.05, 0) is 0 Å². The molecule has 0 radical (unpaired) electrons. The fourth-order valence-electron chi connectivity index (χ4n) is 0.306. The van der Waals surface area contributed by atoms with Gasteiger partial charge in [-0.25, -0.2) is 0 Å². The van der Waals surface area contributed by atoms with Crippen LogP contribution in [0, 0.1) is 0 Å². The Morgan fingerprint density at radius 2 is 2.50 bits per heavy atom. The van der Waals surface area contributed by atoms with Gasteiger partial charge in [-0.15, -0.1) is 11.6 Å². The summed E-state index contributed by atoms with van der Waals surface area (Å²) in [7, 11) is 0. The molecule has 0 heterocycles. The molecule has 0 spiro atoms. The summed E-state index contributed by atoms with van der Waals surface area (Å²) in [6, 6.07) is 0. The Bertz CT molecular complexity index is 124. The molecule has 0 rings (SSSR count). The monoisotopic (exact) mass is 164 g/mol. The number of halogens is 1. The van der Waals surface area contributed by atoms with Gasteiger partial charge >= 0.3 is 5.97 Å². The van der Waals surface area contributed by atoms with Crippen molar-refractivity contribution >= 4 is 17.6 Å². The van der Waals surface area contributed by atoms with Crippen LogP contribution < -0.4 is 0 Å². The first-order valence-corrected chi connectivity index (χ1v) is 3.18. The second-order valence-electron chi connectivity index (χ2n) is 1.57. The zero-order chi connectivity index (χ0) is 7.98. The molecule has 1 unspecified atom stereocenters. The zero-order valence-corrected chi connectivity index (χ0v) is 6.17. The van der Waals surface area contributed by atoms with Crippen molar-refractivity contribution in [2.45, 2.75) is 5.38 Å². The molecule has 1 atom stereocenters. The number of carbonyl (C=O) groups is 1. The fraction of sp³-hybridized carbons (Fsp3) is 0.500. The molecule has 10 heavy (non-hydrogen) atoms. The second-order valence-corrected chi connectivity index (χ2v) is 2.10. The molecule has 58 valence electrons. The summed E-state index contributed by atoms with van der Waals surface area (Å²) < 4.78 is 4.49. The molecule has 0 aromatic carbocycles. The Morgan fingerprint density at radius 1 is 1.90 bits per heavy atom. The van der Waals surface area contributed by atoms with E-state index in [4.69, 9.17) is 16.7 Å². The third kappa shape index (κ3) is 3.48. The van der Waals surface area contributed by atoms with E-state index < -0.39 is 18.0 Å². The lowest BCUT2D eigenvalue weighted by molar-refractivity contribution is -0.142. The second kappa shape index (κ2) is 5.26. The number of rotatable bonds is 4. The number of alkyl halides is 1. The van der Waals surface area contributed by atoms with E-state index in [0.717, 1.165) is 0 Å². The van der Waals surface area contributed by atoms with Gasteiger partial charge < -0.3 is 9.84 Å². The molecule has 0 fully saturated rings. The first-order valence-electron chi connectivity index (χ1n) is 2.74. The lowest BCUT2D eigenvalue weighted by Gasteiger charge is -2.03. The molecular weight excluding hydrogens is 156 g/mol. The highest BCUT2D eigenvalue weighted by Crippen LogP contribution is 1.96. The molecule has 3 nitrogen and oxygen atoms in total. The van der Waals surface area contributed by atoms with E-state index in [-0.39, 0.29) is 6.61 Å². The van der Waals surface area contributed by atoms with E-state index in [1.807, 2.05) is 0 Å². The van der Waals surface area contributed by atoms with Crippen LogP contribution in [-0.4, -0.2) is 29.7 Å². The van der Waals surface area contributed by atoms with Crippen LogP contribution in [0.15, 0.2) is 12.7 Å². The van der Waals surface area contributed by atoms with Gasteiger partial charge in [0.25, 0.3) is 0 Å². The van der Waals surface area contributed by atoms with Crippen molar-refractivity contribution < 1.29 is 14.6 Å². The van der Waals surface area contributed by atoms with Gasteiger partial charge in [0.2, 0.25) is 0 Å². The van der Waals surface area contributed by atoms with E-state index in [0.29, 0.717) is 0 Å². The van der Waals surface area contributed by atoms with Gasteiger partial charge in [-0.3, -0.25) is 4.79 Å². The molecule has 0 saturated carbocycles. The van der Waals surface area contributed by atoms with Crippen LogP contribution in [0.25, 0.3) is 0 Å². The molecule has 0 bridgehead atoms. The Balaban J connectivity index is 3.51. The summed E-state index contributed by atoms with van der Waals surface area (Å²) >= 11 is 5.29. The minimum atomic E-state index is -0.958. The van der Waals surface area contributed by atoms with Crippen molar-refractivity contribution in [3.8, 4) is 0 Å². The average Bonchev–Trinajstić information content (AvgIpc) is 1.98. The van der Waals surface area contributed by atoms with Crippen LogP contribution in [0.3, 0.4) is 0 Å². The van der Waals surface area contributed by atoms with Crippen molar-refractivity contribution in [1.82, 2.24) is 0 Å². The first-order chi connectivity index (χ1) is 4.72. The molecule has 0 aliphatic rings. The molecule has 0 aliphatic heterocycles. The van der Waals surface area contributed by atoms with Gasteiger partial charge in [0.1, 0.15) is 6.61 Å². The lowest BCUT2D eigenvalue weighted by atomic mass is 10.4. The normalized spacial score (nSPS) is 12.2. The van der Waals surface area contributed by atoms with Crippen LogP contribution in [0.1, 0.15) is 0 Å². The summed E-state index contributed by atoms with van der Waals surface area (Å²) in [6.07, 6.45) is 1.43. The molecule has 4 heteroatoms. The molecule has 0 aromatic rings. The molecule has 0 amide bonds. The quantitative estimate of drug-likeness (QED) is 0.370. The Labute approximate surface area is 64.2 Å². The maximum Gasteiger partial charge on any atom is 0.326 e. The number of ether oxygens (including phenoxy) is 1. The maximum absolute atomic E-state index is 10.6. The van der Waals surface area contributed by atoms with E-state index in [1.54, 1.807) is 0 Å². The van der Waals surface area contributed by atoms with Crippen LogP contribution in [0.2, 0.25) is 0 Å². The number of carbonyl (C=O) groups excluding carboxylic acids is 1. The summed E-state index contributed by atoms with van der Waals surface area (Å²) in [6.45, 7) is 3.06. The van der Waals surface area contributed by atoms with Gasteiger partial charge in [0.15, 0.2) is 5.38 Å². The standard InChI is InChI=1S/C6H9ClO3/c1-2-3-10-6(9)5(7)4-8/h2,5,8H,1,3-4H2. The van der Waals surface area contributed by atoms with Crippen LogP contribution in [-0.2, 0) is 9.53 Å². The molecular formula is C6H9ClO3. The summed E-state index contributed by atoms with van der Waals surface area (Å²) in [5.41, 5.74) is 0. The summed E-state index contributed by atoms with van der Waals surface area (Å²) in [4.78, 5) is 10.6. The Hall–Kier alpha value is -0.540. The largest absolute Gasteiger partial charge is 0.460 e. The predicted octanol–water partition coefficient (Wildman–Crippen LogP) is 0.315. The van der Waals surface area contributed by atoms with Crippen molar-refractivity contribution in [2.75, 3.05) is 13.2 Å². The SMILES string of the molecule is C=CCOC(=O)C(Cl)CO. The summed E-state index contributed by atoms with van der Waals surface area (Å²) in [5.74, 6) is -0.621. The number of aliphatic hydroxyl groups excluding tert-OH is 1. The Kier molecular flexibility index (Phi) is 4.98. The van der Waals surface area contributed by atoms with E-state index >= 15 is 0 Å². The fourth-order valence-corrected chi connectivity index (χ4v) is 0.369. The number of hydrogen-bond donors (Lipinski definition) is 1. The Morgan fingerprint density at radius 3 is 2.90 bits per heavy atom. The molecule has 1 N–H and O–H groups in total. The average molecular weight is 165 g/mol. The van der Waals surface area contributed by atoms with Gasteiger partial charge in [0.05, 0.1) is 6.61 Å². The number of hydrogen-bond acceptors (Lipinski definition) is 3. The maximum atomic E-state index is 10.6. The highest BCUT2D eigenvalue weighted by Gasteiger charge is 2.13. The summed E-state index contributed by atoms with van der Waals surface area (Å²) in [5, 5.41) is 7.39. The number of esters is 1.